The Balaban J connectivity index is 2.28. The van der Waals surface area contributed by atoms with E-state index in [4.69, 9.17) is 14.8 Å². The van der Waals surface area contributed by atoms with Gasteiger partial charge in [-0.3, -0.25) is 0 Å². The fraction of sp³-hybridized carbons (Fsp3) is 0.409. The highest BCUT2D eigenvalue weighted by Gasteiger charge is 2.25. The van der Waals surface area contributed by atoms with Gasteiger partial charge >= 0.3 is 5.97 Å². The summed E-state index contributed by atoms with van der Waals surface area (Å²) in [6.07, 6.45) is 2.16. The minimum atomic E-state index is -1.01. The van der Waals surface area contributed by atoms with Crippen molar-refractivity contribution in [1.29, 1.82) is 0 Å². The summed E-state index contributed by atoms with van der Waals surface area (Å²) in [5.41, 5.74) is 2.65. The minimum Gasteiger partial charge on any atom is -0.478 e. The molecule has 3 rings (SSSR count). The van der Waals surface area contributed by atoms with E-state index in [1.807, 2.05) is 6.92 Å². The summed E-state index contributed by atoms with van der Waals surface area (Å²) >= 11 is 0. The molecule has 6 nitrogen and oxygen atoms in total. The van der Waals surface area contributed by atoms with Gasteiger partial charge < -0.3 is 9.84 Å². The molecule has 1 aromatic carbocycles. The van der Waals surface area contributed by atoms with Crippen LogP contribution in [0.3, 0.4) is 0 Å². The van der Waals surface area contributed by atoms with Crippen molar-refractivity contribution < 1.29 is 19.0 Å². The monoisotopic (exact) mass is 399 g/mol. The third-order valence-corrected chi connectivity index (χ3v) is 5.10. The van der Waals surface area contributed by atoms with Crippen LogP contribution in [0.15, 0.2) is 30.3 Å². The van der Waals surface area contributed by atoms with E-state index in [9.17, 15) is 14.3 Å². The van der Waals surface area contributed by atoms with Crippen LogP contribution in [0.5, 0.6) is 0 Å². The van der Waals surface area contributed by atoms with Crippen LogP contribution in [-0.4, -0.2) is 39.1 Å². The first-order valence-corrected chi connectivity index (χ1v) is 9.99. The van der Waals surface area contributed by atoms with Crippen LogP contribution in [0.1, 0.15) is 61.3 Å². The zero-order valence-electron chi connectivity index (χ0n) is 17.0. The number of aromatic nitrogens is 3. The number of nitrogens with zero attached hydrogens (tertiary/aromatic N) is 3. The van der Waals surface area contributed by atoms with E-state index in [2.05, 4.69) is 13.8 Å². The number of carboxylic acid groups (broad SMARTS) is 1. The number of aromatic carboxylic acids is 1. The van der Waals surface area contributed by atoms with Crippen molar-refractivity contribution in [2.45, 2.75) is 46.0 Å². The first kappa shape index (κ1) is 20.9. The van der Waals surface area contributed by atoms with Gasteiger partial charge in [0.2, 0.25) is 0 Å². The molecule has 7 heteroatoms. The van der Waals surface area contributed by atoms with Crippen LogP contribution < -0.4 is 0 Å². The summed E-state index contributed by atoms with van der Waals surface area (Å²) in [5, 5.41) is 15.2. The standard InChI is InChI=1S/C22H26FN3O3/c1-4-14(5-2)20-19-18(22(27)28)13-16(11-12-29-6-3)24-21(19)26(25-20)17-9-7-15(23)8-10-17/h7-10,13-14H,4-6,11-12H2,1-3H3,(H,27,28). The minimum absolute atomic E-state index is 0.105. The van der Waals surface area contributed by atoms with Gasteiger partial charge in [0.1, 0.15) is 5.82 Å². The van der Waals surface area contributed by atoms with Gasteiger partial charge in [-0.25, -0.2) is 18.9 Å². The van der Waals surface area contributed by atoms with E-state index < -0.39 is 5.97 Å². The maximum atomic E-state index is 13.4. The third kappa shape index (κ3) is 4.29. The van der Waals surface area contributed by atoms with E-state index in [0.29, 0.717) is 42.0 Å². The summed E-state index contributed by atoms with van der Waals surface area (Å²) in [6.45, 7) is 7.06. The number of halogens is 1. The lowest BCUT2D eigenvalue weighted by molar-refractivity contribution is 0.0698. The molecule has 29 heavy (non-hydrogen) atoms. The van der Waals surface area contributed by atoms with Crippen LogP contribution in [0.2, 0.25) is 0 Å². The fourth-order valence-electron chi connectivity index (χ4n) is 3.54. The highest BCUT2D eigenvalue weighted by molar-refractivity contribution is 6.03. The molecule has 0 saturated carbocycles. The first-order chi connectivity index (χ1) is 14.0. The summed E-state index contributed by atoms with van der Waals surface area (Å²) in [6, 6.07) is 7.57. The molecule has 2 heterocycles. The molecule has 0 bridgehead atoms. The zero-order valence-corrected chi connectivity index (χ0v) is 17.0. The quantitative estimate of drug-likeness (QED) is 0.526. The van der Waals surface area contributed by atoms with Crippen molar-refractivity contribution in [3.8, 4) is 5.69 Å². The highest BCUT2D eigenvalue weighted by Crippen LogP contribution is 2.33. The average Bonchev–Trinajstić information content (AvgIpc) is 3.08. The highest BCUT2D eigenvalue weighted by atomic mass is 19.1. The summed E-state index contributed by atoms with van der Waals surface area (Å²) in [7, 11) is 0. The second kappa shape index (κ2) is 9.13. The molecule has 0 spiro atoms. The molecule has 0 aliphatic carbocycles. The lowest BCUT2D eigenvalue weighted by Gasteiger charge is -2.11. The van der Waals surface area contributed by atoms with Crippen LogP contribution in [-0.2, 0) is 11.2 Å². The molecule has 0 amide bonds. The number of pyridine rings is 1. The largest absolute Gasteiger partial charge is 0.478 e. The molecule has 0 aliphatic rings. The number of rotatable bonds is 9. The summed E-state index contributed by atoms with van der Waals surface area (Å²) < 4.78 is 20.5. The van der Waals surface area contributed by atoms with E-state index in [1.165, 1.54) is 12.1 Å². The fourth-order valence-corrected chi connectivity index (χ4v) is 3.54. The predicted molar refractivity (Wildman–Crippen MR) is 109 cm³/mol. The molecule has 154 valence electrons. The van der Waals surface area contributed by atoms with Gasteiger partial charge in [-0.2, -0.15) is 5.10 Å². The molecular weight excluding hydrogens is 373 g/mol. The molecular formula is C22H26FN3O3. The molecule has 2 aromatic heterocycles. The predicted octanol–water partition coefficient (Wildman–Crippen LogP) is 4.74. The number of carbonyl (C=O) groups is 1. The normalized spacial score (nSPS) is 11.5. The van der Waals surface area contributed by atoms with E-state index in [1.54, 1.807) is 22.9 Å². The number of hydrogen-bond donors (Lipinski definition) is 1. The van der Waals surface area contributed by atoms with Crippen molar-refractivity contribution >= 4 is 17.0 Å². The van der Waals surface area contributed by atoms with Gasteiger partial charge in [-0.05, 0) is 50.1 Å². The lowest BCUT2D eigenvalue weighted by Crippen LogP contribution is -2.07. The maximum Gasteiger partial charge on any atom is 0.336 e. The molecule has 1 N–H and O–H groups in total. The van der Waals surface area contributed by atoms with E-state index in [-0.39, 0.29) is 17.3 Å². The second-order valence-corrected chi connectivity index (χ2v) is 6.90. The zero-order chi connectivity index (χ0) is 21.0. The van der Waals surface area contributed by atoms with Crippen molar-refractivity contribution in [3.05, 3.63) is 53.1 Å². The summed E-state index contributed by atoms with van der Waals surface area (Å²) in [4.78, 5) is 16.8. The number of hydrogen-bond acceptors (Lipinski definition) is 4. The Morgan fingerprint density at radius 1 is 1.21 bits per heavy atom. The number of carboxylic acids is 1. The smallest absolute Gasteiger partial charge is 0.336 e. The third-order valence-electron chi connectivity index (χ3n) is 5.10. The van der Waals surface area contributed by atoms with Gasteiger partial charge in [-0.1, -0.05) is 13.8 Å². The maximum absolute atomic E-state index is 13.4. The SMILES string of the molecule is CCOCCc1cc(C(=O)O)c2c(C(CC)CC)nn(-c3ccc(F)cc3)c2n1. The average molecular weight is 399 g/mol. The van der Waals surface area contributed by atoms with Gasteiger partial charge in [0.25, 0.3) is 0 Å². The molecule has 0 atom stereocenters. The van der Waals surface area contributed by atoms with E-state index >= 15 is 0 Å². The van der Waals surface area contributed by atoms with Crippen LogP contribution in [0.25, 0.3) is 16.7 Å². The van der Waals surface area contributed by atoms with Crippen molar-refractivity contribution in [1.82, 2.24) is 14.8 Å². The Kier molecular flexibility index (Phi) is 6.59. The van der Waals surface area contributed by atoms with Gasteiger partial charge in [-0.15, -0.1) is 0 Å². The van der Waals surface area contributed by atoms with Crippen molar-refractivity contribution in [2.75, 3.05) is 13.2 Å². The van der Waals surface area contributed by atoms with Crippen molar-refractivity contribution in [3.63, 3.8) is 0 Å². The Morgan fingerprint density at radius 3 is 2.48 bits per heavy atom. The first-order valence-electron chi connectivity index (χ1n) is 9.99. The number of fused-ring (bicyclic) bond motifs is 1. The van der Waals surface area contributed by atoms with E-state index in [0.717, 1.165) is 18.5 Å². The molecule has 0 radical (unpaired) electrons. The topological polar surface area (TPSA) is 77.2 Å². The Morgan fingerprint density at radius 2 is 1.90 bits per heavy atom. The Labute approximate surface area is 169 Å². The van der Waals surface area contributed by atoms with Crippen molar-refractivity contribution in [2.24, 2.45) is 0 Å². The van der Waals surface area contributed by atoms with Crippen LogP contribution in [0, 0.1) is 5.82 Å². The Bertz CT molecular complexity index is 995. The van der Waals surface area contributed by atoms with Gasteiger partial charge in [0.15, 0.2) is 5.65 Å². The summed E-state index contributed by atoms with van der Waals surface area (Å²) in [5.74, 6) is -1.25. The van der Waals surface area contributed by atoms with Crippen LogP contribution >= 0.6 is 0 Å². The Hall–Kier alpha value is -2.80. The number of benzene rings is 1. The molecule has 0 unspecified atom stereocenters. The second-order valence-electron chi connectivity index (χ2n) is 6.90. The van der Waals surface area contributed by atoms with Crippen LogP contribution in [0.4, 0.5) is 4.39 Å². The molecule has 0 fully saturated rings. The molecule has 0 aliphatic heterocycles. The molecule has 3 aromatic rings. The van der Waals surface area contributed by atoms with Gasteiger partial charge in [0, 0.05) is 24.6 Å². The molecule has 0 saturated heterocycles. The number of ether oxygens (including phenoxy) is 1. The lowest BCUT2D eigenvalue weighted by atomic mass is 9.95. The van der Waals surface area contributed by atoms with Gasteiger partial charge in [0.05, 0.1) is 28.9 Å².